The number of esters is 1. The van der Waals surface area contributed by atoms with Crippen molar-refractivity contribution in [2.45, 2.75) is 26.3 Å². The molecule has 0 aliphatic carbocycles. The Kier molecular flexibility index (Phi) is 7.29. The van der Waals surface area contributed by atoms with E-state index in [-0.39, 0.29) is 33.9 Å². The van der Waals surface area contributed by atoms with Gasteiger partial charge in [0.1, 0.15) is 5.82 Å². The number of methoxy groups -OCH3 is 1. The summed E-state index contributed by atoms with van der Waals surface area (Å²) in [5.41, 5.74) is 0.720. The second kappa shape index (κ2) is 9.78. The zero-order valence-corrected chi connectivity index (χ0v) is 19.5. The van der Waals surface area contributed by atoms with Gasteiger partial charge in [0.15, 0.2) is 27.9 Å². The number of aromatic nitrogens is 2. The first kappa shape index (κ1) is 23.9. The number of amides is 1. The fourth-order valence-electron chi connectivity index (χ4n) is 3.37. The summed E-state index contributed by atoms with van der Waals surface area (Å²) in [4.78, 5) is 24.8. The van der Waals surface area contributed by atoms with Crippen LogP contribution >= 0.6 is 11.6 Å². The van der Waals surface area contributed by atoms with Gasteiger partial charge < -0.3 is 19.5 Å². The van der Waals surface area contributed by atoms with Crippen molar-refractivity contribution in [3.05, 3.63) is 34.5 Å². The van der Waals surface area contributed by atoms with Crippen LogP contribution in [0.1, 0.15) is 35.4 Å². The zero-order chi connectivity index (χ0) is 23.5. The molecule has 2 heterocycles. The van der Waals surface area contributed by atoms with Gasteiger partial charge in [-0.15, -0.1) is 0 Å². The van der Waals surface area contributed by atoms with Gasteiger partial charge in [0, 0.05) is 6.07 Å². The van der Waals surface area contributed by atoms with E-state index in [0.29, 0.717) is 30.3 Å². The number of nitrogens with zero attached hydrogens (tertiary/aromatic N) is 2. The van der Waals surface area contributed by atoms with Crippen LogP contribution in [-0.2, 0) is 19.4 Å². The van der Waals surface area contributed by atoms with Gasteiger partial charge in [0.2, 0.25) is 0 Å². The van der Waals surface area contributed by atoms with Gasteiger partial charge in [-0.1, -0.05) is 11.6 Å². The molecule has 0 saturated carbocycles. The van der Waals surface area contributed by atoms with Crippen molar-refractivity contribution >= 4 is 39.1 Å². The minimum absolute atomic E-state index is 0.0354. The molecular weight excluding hydrogens is 462 g/mol. The van der Waals surface area contributed by atoms with E-state index >= 15 is 0 Å². The van der Waals surface area contributed by atoms with E-state index in [0.717, 1.165) is 0 Å². The second-order valence-electron chi connectivity index (χ2n) is 7.22. The van der Waals surface area contributed by atoms with Crippen LogP contribution in [0.2, 0.25) is 5.02 Å². The van der Waals surface area contributed by atoms with Crippen molar-refractivity contribution in [1.82, 2.24) is 9.78 Å². The first-order valence-electron chi connectivity index (χ1n) is 9.87. The predicted molar refractivity (Wildman–Crippen MR) is 117 cm³/mol. The Morgan fingerprint density at radius 3 is 2.69 bits per heavy atom. The van der Waals surface area contributed by atoms with E-state index in [1.807, 2.05) is 0 Å². The van der Waals surface area contributed by atoms with Crippen LogP contribution in [0.15, 0.2) is 18.2 Å². The number of carbonyl (C=O) groups excluding carboxylic acids is 2. The molecule has 1 saturated heterocycles. The minimum Gasteiger partial charge on any atom is -0.493 e. The van der Waals surface area contributed by atoms with E-state index in [4.69, 9.17) is 25.8 Å². The number of benzene rings is 1. The van der Waals surface area contributed by atoms with Crippen LogP contribution in [0.5, 0.6) is 11.5 Å². The van der Waals surface area contributed by atoms with Gasteiger partial charge in [-0.3, -0.25) is 4.79 Å². The van der Waals surface area contributed by atoms with Crippen LogP contribution in [0.4, 0.5) is 5.82 Å². The van der Waals surface area contributed by atoms with Crippen molar-refractivity contribution in [3.63, 3.8) is 0 Å². The third-order valence-corrected chi connectivity index (χ3v) is 6.80. The number of sulfone groups is 1. The summed E-state index contributed by atoms with van der Waals surface area (Å²) in [6.45, 7) is 3.33. The molecule has 1 unspecified atom stereocenters. The van der Waals surface area contributed by atoms with Crippen molar-refractivity contribution in [2.75, 3.05) is 37.1 Å². The highest BCUT2D eigenvalue weighted by atomic mass is 35.5. The van der Waals surface area contributed by atoms with Crippen molar-refractivity contribution in [2.24, 2.45) is 0 Å². The van der Waals surface area contributed by atoms with Crippen molar-refractivity contribution in [3.8, 4) is 11.5 Å². The maximum absolute atomic E-state index is 12.4. The topological polar surface area (TPSA) is 126 Å². The Hall–Kier alpha value is -2.79. The molecule has 2 aromatic rings. The monoisotopic (exact) mass is 485 g/mol. The molecule has 1 atom stereocenters. The molecule has 0 radical (unpaired) electrons. The van der Waals surface area contributed by atoms with E-state index < -0.39 is 28.3 Å². The quantitative estimate of drug-likeness (QED) is 0.565. The molecule has 1 aromatic carbocycles. The molecule has 174 valence electrons. The Morgan fingerprint density at radius 2 is 2.06 bits per heavy atom. The average molecular weight is 486 g/mol. The molecule has 1 fully saturated rings. The predicted octanol–water partition coefficient (Wildman–Crippen LogP) is 2.41. The number of nitrogens with one attached hydrogen (secondary N) is 1. The van der Waals surface area contributed by atoms with Crippen LogP contribution in [0, 0.1) is 6.92 Å². The number of carbonyl (C=O) groups is 2. The van der Waals surface area contributed by atoms with Gasteiger partial charge in [-0.25, -0.2) is 17.9 Å². The molecule has 0 spiro atoms. The molecule has 1 aliphatic rings. The fourth-order valence-corrected chi connectivity index (χ4v) is 5.33. The lowest BCUT2D eigenvalue weighted by Gasteiger charge is -2.14. The fraction of sp³-hybridized carbons (Fsp3) is 0.450. The Morgan fingerprint density at radius 1 is 1.31 bits per heavy atom. The smallest absolute Gasteiger partial charge is 0.338 e. The zero-order valence-electron chi connectivity index (χ0n) is 17.9. The van der Waals surface area contributed by atoms with Crippen molar-refractivity contribution < 1.29 is 32.2 Å². The average Bonchev–Trinajstić information content (AvgIpc) is 3.28. The Balaban J connectivity index is 1.65. The molecule has 1 N–H and O–H groups in total. The molecule has 0 bridgehead atoms. The molecule has 3 rings (SSSR count). The highest BCUT2D eigenvalue weighted by Crippen LogP contribution is 2.36. The summed E-state index contributed by atoms with van der Waals surface area (Å²) < 4.78 is 40.8. The van der Waals surface area contributed by atoms with Crippen LogP contribution in [-0.4, -0.2) is 61.9 Å². The molecular formula is C20H24ClN3O7S. The normalized spacial score (nSPS) is 17.1. The standard InChI is InChI=1S/C20H24ClN3O7S/c1-4-30-19-15(21)8-13(9-16(19)29-3)20(26)31-10-18(25)22-17-7-12(2)23-24(17)14-5-6-32(27,28)11-14/h7-9,14H,4-6,10-11H2,1-3H3,(H,22,25). The van der Waals surface area contributed by atoms with E-state index in [9.17, 15) is 18.0 Å². The highest BCUT2D eigenvalue weighted by Gasteiger charge is 2.31. The molecule has 1 aromatic heterocycles. The Bertz CT molecular complexity index is 1130. The molecule has 12 heteroatoms. The number of hydrogen-bond donors (Lipinski definition) is 1. The maximum Gasteiger partial charge on any atom is 0.338 e. The summed E-state index contributed by atoms with van der Waals surface area (Å²) in [6.07, 6.45) is 0.418. The SMILES string of the molecule is CCOc1c(Cl)cc(C(=O)OCC(=O)Nc2cc(C)nn2C2CCS(=O)(=O)C2)cc1OC. The first-order valence-corrected chi connectivity index (χ1v) is 12.1. The lowest BCUT2D eigenvalue weighted by Crippen LogP contribution is -2.24. The van der Waals surface area contributed by atoms with Gasteiger partial charge in [0.05, 0.1) is 47.5 Å². The van der Waals surface area contributed by atoms with Gasteiger partial charge in [0.25, 0.3) is 5.91 Å². The van der Waals surface area contributed by atoms with Crippen molar-refractivity contribution in [1.29, 1.82) is 0 Å². The highest BCUT2D eigenvalue weighted by molar-refractivity contribution is 7.91. The lowest BCUT2D eigenvalue weighted by molar-refractivity contribution is -0.119. The van der Waals surface area contributed by atoms with Gasteiger partial charge in [-0.05, 0) is 32.4 Å². The molecule has 1 aliphatic heterocycles. The van der Waals surface area contributed by atoms with E-state index in [1.165, 1.54) is 23.9 Å². The van der Waals surface area contributed by atoms with E-state index in [2.05, 4.69) is 10.4 Å². The van der Waals surface area contributed by atoms with Crippen LogP contribution in [0.3, 0.4) is 0 Å². The molecule has 1 amide bonds. The summed E-state index contributed by atoms with van der Waals surface area (Å²) in [5.74, 6) is -0.400. The Labute approximate surface area is 190 Å². The van der Waals surface area contributed by atoms with Crippen LogP contribution in [0.25, 0.3) is 0 Å². The lowest BCUT2D eigenvalue weighted by atomic mass is 10.2. The largest absolute Gasteiger partial charge is 0.493 e. The third-order valence-electron chi connectivity index (χ3n) is 4.77. The summed E-state index contributed by atoms with van der Waals surface area (Å²) in [6, 6.07) is 4.05. The minimum atomic E-state index is -3.12. The maximum atomic E-state index is 12.4. The molecule has 32 heavy (non-hydrogen) atoms. The number of halogens is 1. The van der Waals surface area contributed by atoms with Crippen LogP contribution < -0.4 is 14.8 Å². The molecule has 10 nitrogen and oxygen atoms in total. The van der Waals surface area contributed by atoms with Gasteiger partial charge >= 0.3 is 5.97 Å². The number of hydrogen-bond acceptors (Lipinski definition) is 8. The second-order valence-corrected chi connectivity index (χ2v) is 9.86. The first-order chi connectivity index (χ1) is 15.1. The summed E-state index contributed by atoms with van der Waals surface area (Å²) >= 11 is 6.16. The number of anilines is 1. The van der Waals surface area contributed by atoms with E-state index in [1.54, 1.807) is 19.9 Å². The number of ether oxygens (including phenoxy) is 3. The number of rotatable bonds is 8. The summed E-state index contributed by atoms with van der Waals surface area (Å²) in [7, 11) is -1.71. The number of aryl methyl sites for hydroxylation is 1. The summed E-state index contributed by atoms with van der Waals surface area (Å²) in [5, 5.41) is 7.09. The third kappa shape index (κ3) is 5.52. The van der Waals surface area contributed by atoms with Gasteiger partial charge in [-0.2, -0.15) is 5.10 Å².